The van der Waals surface area contributed by atoms with Gasteiger partial charge in [-0.1, -0.05) is 20.8 Å². The summed E-state index contributed by atoms with van der Waals surface area (Å²) in [6, 6.07) is 4.88. The number of benzene rings is 1. The maximum absolute atomic E-state index is 12.2. The average Bonchev–Trinajstić information content (AvgIpc) is 2.58. The van der Waals surface area contributed by atoms with Crippen LogP contribution < -0.4 is 9.47 Å². The van der Waals surface area contributed by atoms with Crippen molar-refractivity contribution >= 4 is 5.97 Å². The van der Waals surface area contributed by atoms with E-state index in [0.29, 0.717) is 28.4 Å². The molecule has 0 heterocycles. The number of hydrogen-bond acceptors (Lipinski definition) is 5. The van der Waals surface area contributed by atoms with Crippen molar-refractivity contribution in [1.29, 1.82) is 0 Å². The highest BCUT2D eigenvalue weighted by Gasteiger charge is 2.31. The van der Waals surface area contributed by atoms with Gasteiger partial charge in [-0.3, -0.25) is 4.89 Å². The molecule has 1 saturated carbocycles. The van der Waals surface area contributed by atoms with Gasteiger partial charge in [0.25, 0.3) is 0 Å². The van der Waals surface area contributed by atoms with Crippen LogP contribution in [0.25, 0.3) is 0 Å². The number of ether oxygens (including phenoxy) is 2. The minimum Gasteiger partial charge on any atom is -0.497 e. The molecule has 1 aliphatic carbocycles. The monoisotopic (exact) mass is 335 g/mol. The van der Waals surface area contributed by atoms with Gasteiger partial charge in [0.2, 0.25) is 0 Å². The minimum atomic E-state index is -0.558. The van der Waals surface area contributed by atoms with Crippen LogP contribution in [0.1, 0.15) is 56.8 Å². The van der Waals surface area contributed by atoms with Gasteiger partial charge in [0.15, 0.2) is 0 Å². The lowest BCUT2D eigenvalue weighted by Gasteiger charge is -2.35. The number of carbonyl (C=O) groups excluding carboxylic acids is 1. The normalized spacial score (nSPS) is 16.7. The Labute approximate surface area is 144 Å². The van der Waals surface area contributed by atoms with Crippen LogP contribution in [0.4, 0.5) is 0 Å². The molecule has 1 aromatic rings. The quantitative estimate of drug-likeness (QED) is 0.583. The van der Waals surface area contributed by atoms with Gasteiger partial charge >= 0.3 is 5.97 Å². The molecule has 0 amide bonds. The van der Waals surface area contributed by atoms with E-state index in [2.05, 4.69) is 20.8 Å². The number of carbonyl (C=O) groups is 1. The van der Waals surface area contributed by atoms with E-state index in [9.17, 15) is 4.79 Å². The summed E-state index contributed by atoms with van der Waals surface area (Å²) in [5.74, 6) is 1.17. The number of methoxy groups -OCH3 is 2. The summed E-state index contributed by atoms with van der Waals surface area (Å²) in [6.45, 7) is 6.79. The van der Waals surface area contributed by atoms with Crippen LogP contribution in [0.5, 0.6) is 11.5 Å². The Hall–Kier alpha value is -1.75. The lowest BCUT2D eigenvalue weighted by atomic mass is 9.72. The second-order valence-corrected chi connectivity index (χ2v) is 7.23. The molecule has 5 heteroatoms. The Morgan fingerprint density at radius 3 is 2.00 bits per heavy atom. The topological polar surface area (TPSA) is 54.0 Å². The van der Waals surface area contributed by atoms with E-state index in [1.54, 1.807) is 18.2 Å². The molecule has 0 spiro atoms. The predicted octanol–water partition coefficient (Wildman–Crippen LogP) is 4.56. The molecule has 0 atom stereocenters. The molecule has 2 rings (SSSR count). The van der Waals surface area contributed by atoms with Gasteiger partial charge in [-0.05, 0) is 49.1 Å². The van der Waals surface area contributed by atoms with Crippen LogP contribution in [0.2, 0.25) is 0 Å². The molecule has 0 saturated heterocycles. The van der Waals surface area contributed by atoms with Gasteiger partial charge in [-0.15, -0.1) is 0 Å². The van der Waals surface area contributed by atoms with Gasteiger partial charge in [0, 0.05) is 6.07 Å². The third-order valence-corrected chi connectivity index (χ3v) is 4.59. The first-order chi connectivity index (χ1) is 11.3. The van der Waals surface area contributed by atoms with E-state index in [1.165, 1.54) is 14.2 Å². The van der Waals surface area contributed by atoms with Crippen molar-refractivity contribution in [1.82, 2.24) is 0 Å². The molecule has 24 heavy (non-hydrogen) atoms. The van der Waals surface area contributed by atoms with E-state index in [-0.39, 0.29) is 0 Å². The molecular weight excluding hydrogens is 308 g/mol. The van der Waals surface area contributed by atoms with Crippen molar-refractivity contribution in [2.45, 2.75) is 46.5 Å². The van der Waals surface area contributed by atoms with Gasteiger partial charge in [0.1, 0.15) is 17.6 Å². The molecule has 0 aliphatic heterocycles. The van der Waals surface area contributed by atoms with Crippen LogP contribution in [0.15, 0.2) is 18.2 Å². The Bertz CT molecular complexity index is 531. The molecule has 1 fully saturated rings. The summed E-state index contributed by atoms with van der Waals surface area (Å²) in [5, 5.41) is 0. The zero-order chi connectivity index (χ0) is 17.7. The fourth-order valence-corrected chi connectivity index (χ4v) is 2.96. The van der Waals surface area contributed by atoms with Crippen molar-refractivity contribution in [2.75, 3.05) is 14.2 Å². The fourth-order valence-electron chi connectivity index (χ4n) is 2.96. The standard InChI is InChI=1S/C19H27O5/c1-19(2,3)14-6-8-15(9-7-14)23-24-18(20)13-10-16(21-4)12-17(11-13)22-5/h10-12,14H,6-9H2,1-5H3. The van der Waals surface area contributed by atoms with Crippen molar-refractivity contribution in [2.24, 2.45) is 11.3 Å². The van der Waals surface area contributed by atoms with Crippen LogP contribution >= 0.6 is 0 Å². The van der Waals surface area contributed by atoms with E-state index in [0.717, 1.165) is 31.8 Å². The van der Waals surface area contributed by atoms with Gasteiger partial charge < -0.3 is 9.47 Å². The maximum Gasteiger partial charge on any atom is 0.373 e. The highest BCUT2D eigenvalue weighted by atomic mass is 17.2. The molecule has 0 bridgehead atoms. The third kappa shape index (κ3) is 4.87. The summed E-state index contributed by atoms with van der Waals surface area (Å²) >= 11 is 0. The molecule has 1 aromatic carbocycles. The summed E-state index contributed by atoms with van der Waals surface area (Å²) in [7, 11) is 3.06. The lowest BCUT2D eigenvalue weighted by Crippen LogP contribution is -2.26. The Morgan fingerprint density at radius 2 is 1.54 bits per heavy atom. The molecular formula is C19H27O5. The molecule has 5 nitrogen and oxygen atoms in total. The van der Waals surface area contributed by atoms with E-state index in [1.807, 2.05) is 0 Å². The molecule has 1 aliphatic rings. The minimum absolute atomic E-state index is 0.305. The summed E-state index contributed by atoms with van der Waals surface area (Å²) in [5.41, 5.74) is 0.634. The Balaban J connectivity index is 1.88. The molecule has 133 valence electrons. The lowest BCUT2D eigenvalue weighted by molar-refractivity contribution is -0.241. The fraction of sp³-hybridized carbons (Fsp3) is 0.579. The average molecular weight is 335 g/mol. The Kier molecular flexibility index (Phi) is 6.10. The summed E-state index contributed by atoms with van der Waals surface area (Å²) in [6.07, 6.45) is 4.61. The van der Waals surface area contributed by atoms with Gasteiger partial charge in [0.05, 0.1) is 19.8 Å². The van der Waals surface area contributed by atoms with Gasteiger partial charge in [-0.25, -0.2) is 4.79 Å². The molecule has 0 aromatic heterocycles. The van der Waals surface area contributed by atoms with Crippen LogP contribution in [0.3, 0.4) is 0 Å². The number of rotatable bonds is 5. The molecule has 0 N–H and O–H groups in total. The van der Waals surface area contributed by atoms with Crippen LogP contribution in [-0.4, -0.2) is 20.2 Å². The third-order valence-electron chi connectivity index (χ3n) is 4.59. The second-order valence-electron chi connectivity index (χ2n) is 7.23. The largest absolute Gasteiger partial charge is 0.497 e. The molecule has 1 radical (unpaired) electrons. The Morgan fingerprint density at radius 1 is 1.00 bits per heavy atom. The maximum atomic E-state index is 12.2. The summed E-state index contributed by atoms with van der Waals surface area (Å²) in [4.78, 5) is 22.5. The van der Waals surface area contributed by atoms with Crippen molar-refractivity contribution in [3.63, 3.8) is 0 Å². The van der Waals surface area contributed by atoms with Crippen molar-refractivity contribution < 1.29 is 24.0 Å². The first-order valence-corrected chi connectivity index (χ1v) is 8.30. The number of hydrogen-bond donors (Lipinski definition) is 0. The van der Waals surface area contributed by atoms with Crippen LogP contribution in [0, 0.1) is 17.4 Å². The molecule has 0 unspecified atom stereocenters. The van der Waals surface area contributed by atoms with E-state index >= 15 is 0 Å². The zero-order valence-electron chi connectivity index (χ0n) is 15.2. The SMILES string of the molecule is COc1cc(OC)cc(C(=O)OO[C]2CCC(C(C)(C)C)CC2)c1. The second kappa shape index (κ2) is 7.88. The highest BCUT2D eigenvalue weighted by Crippen LogP contribution is 2.41. The highest BCUT2D eigenvalue weighted by molar-refractivity contribution is 5.90. The smallest absolute Gasteiger partial charge is 0.373 e. The first-order valence-electron chi connectivity index (χ1n) is 8.30. The van der Waals surface area contributed by atoms with Crippen LogP contribution in [-0.2, 0) is 9.78 Å². The zero-order valence-corrected chi connectivity index (χ0v) is 15.2. The van der Waals surface area contributed by atoms with Crippen molar-refractivity contribution in [3.8, 4) is 11.5 Å². The van der Waals surface area contributed by atoms with Crippen molar-refractivity contribution in [3.05, 3.63) is 29.9 Å². The summed E-state index contributed by atoms with van der Waals surface area (Å²) < 4.78 is 10.3. The first kappa shape index (κ1) is 18.6. The van der Waals surface area contributed by atoms with E-state index < -0.39 is 5.97 Å². The van der Waals surface area contributed by atoms with Gasteiger partial charge in [-0.2, -0.15) is 4.89 Å². The predicted molar refractivity (Wildman–Crippen MR) is 90.7 cm³/mol. The van der Waals surface area contributed by atoms with E-state index in [4.69, 9.17) is 19.2 Å².